The van der Waals surface area contributed by atoms with Gasteiger partial charge in [-0.1, -0.05) is 0 Å². The van der Waals surface area contributed by atoms with Crippen LogP contribution in [-0.2, 0) is 0 Å². The number of piperazine rings is 1. The monoisotopic (exact) mass is 291 g/mol. The van der Waals surface area contributed by atoms with Gasteiger partial charge in [0.25, 0.3) is 5.91 Å². The maximum atomic E-state index is 12.6. The van der Waals surface area contributed by atoms with Crippen molar-refractivity contribution in [1.82, 2.24) is 15.2 Å². The standard InChI is InChI=1S/C14H17N3O2S/c1-9-10(2)17(6-5-15-9)14(18)12-8-16-13(20-12)11-4-3-7-19-11/h3-4,7-10,15H,5-6H2,1-2H3. The van der Waals surface area contributed by atoms with Gasteiger partial charge in [0, 0.05) is 25.2 Å². The number of hydrogen-bond donors (Lipinski definition) is 1. The van der Waals surface area contributed by atoms with Gasteiger partial charge in [-0.15, -0.1) is 11.3 Å². The average Bonchev–Trinajstić information content (AvgIpc) is 3.11. The fraction of sp³-hybridized carbons (Fsp3) is 0.429. The first kappa shape index (κ1) is 13.3. The van der Waals surface area contributed by atoms with E-state index >= 15 is 0 Å². The van der Waals surface area contributed by atoms with Crippen LogP contribution in [0.5, 0.6) is 0 Å². The molecule has 2 aromatic rings. The summed E-state index contributed by atoms with van der Waals surface area (Å²) in [6.45, 7) is 5.74. The number of nitrogens with one attached hydrogen (secondary N) is 1. The lowest BCUT2D eigenvalue weighted by molar-refractivity contribution is 0.0607. The Balaban J connectivity index is 1.81. The van der Waals surface area contributed by atoms with Gasteiger partial charge in [0.2, 0.25) is 0 Å². The Morgan fingerprint density at radius 2 is 2.40 bits per heavy atom. The van der Waals surface area contributed by atoms with Crippen LogP contribution in [0.4, 0.5) is 0 Å². The van der Waals surface area contributed by atoms with Crippen molar-refractivity contribution in [2.24, 2.45) is 0 Å². The van der Waals surface area contributed by atoms with Crippen molar-refractivity contribution >= 4 is 17.2 Å². The van der Waals surface area contributed by atoms with Crippen molar-refractivity contribution in [3.63, 3.8) is 0 Å². The highest BCUT2D eigenvalue weighted by molar-refractivity contribution is 7.16. The second-order valence-electron chi connectivity index (χ2n) is 4.99. The Labute approximate surface area is 121 Å². The first-order valence-electron chi connectivity index (χ1n) is 6.71. The van der Waals surface area contributed by atoms with E-state index in [4.69, 9.17) is 4.42 Å². The third-order valence-corrected chi connectivity index (χ3v) is 4.74. The molecule has 0 aromatic carbocycles. The molecule has 5 nitrogen and oxygen atoms in total. The molecule has 0 bridgehead atoms. The molecule has 2 aromatic heterocycles. The maximum Gasteiger partial charge on any atom is 0.265 e. The van der Waals surface area contributed by atoms with Gasteiger partial charge < -0.3 is 14.6 Å². The highest BCUT2D eigenvalue weighted by atomic mass is 32.1. The summed E-state index contributed by atoms with van der Waals surface area (Å²) in [4.78, 5) is 19.4. The molecule has 3 rings (SSSR count). The number of furan rings is 1. The van der Waals surface area contributed by atoms with E-state index < -0.39 is 0 Å². The lowest BCUT2D eigenvalue weighted by Gasteiger charge is -2.38. The second-order valence-corrected chi connectivity index (χ2v) is 6.02. The minimum atomic E-state index is 0.0566. The van der Waals surface area contributed by atoms with Crippen molar-refractivity contribution < 1.29 is 9.21 Å². The normalized spacial score (nSPS) is 23.0. The largest absolute Gasteiger partial charge is 0.462 e. The molecule has 0 spiro atoms. The Bertz CT molecular complexity index is 593. The molecule has 1 aliphatic rings. The zero-order valence-electron chi connectivity index (χ0n) is 11.5. The summed E-state index contributed by atoms with van der Waals surface area (Å²) < 4.78 is 5.31. The fourth-order valence-corrected chi connectivity index (χ4v) is 3.21. The maximum absolute atomic E-state index is 12.6. The van der Waals surface area contributed by atoms with Gasteiger partial charge >= 0.3 is 0 Å². The highest BCUT2D eigenvalue weighted by Gasteiger charge is 2.29. The van der Waals surface area contributed by atoms with Crippen LogP contribution in [0, 0.1) is 0 Å². The molecule has 0 aliphatic carbocycles. The summed E-state index contributed by atoms with van der Waals surface area (Å²) in [6, 6.07) is 4.16. The number of rotatable bonds is 2. The number of nitrogens with zero attached hydrogens (tertiary/aromatic N) is 2. The van der Waals surface area contributed by atoms with Gasteiger partial charge in [0.15, 0.2) is 10.8 Å². The topological polar surface area (TPSA) is 58.4 Å². The summed E-state index contributed by atoms with van der Waals surface area (Å²) in [5.74, 6) is 0.761. The minimum absolute atomic E-state index is 0.0566. The summed E-state index contributed by atoms with van der Waals surface area (Å²) in [5.41, 5.74) is 0. The van der Waals surface area contributed by atoms with Crippen LogP contribution in [0.3, 0.4) is 0 Å². The van der Waals surface area contributed by atoms with E-state index in [0.29, 0.717) is 16.7 Å². The minimum Gasteiger partial charge on any atom is -0.462 e. The predicted octanol–water partition coefficient (Wildman–Crippen LogP) is 2.23. The van der Waals surface area contributed by atoms with Gasteiger partial charge in [-0.3, -0.25) is 4.79 Å². The zero-order chi connectivity index (χ0) is 14.1. The molecule has 1 amide bonds. The molecule has 3 heterocycles. The molecule has 20 heavy (non-hydrogen) atoms. The number of aromatic nitrogens is 1. The third kappa shape index (κ3) is 2.36. The molecule has 2 unspecified atom stereocenters. The van der Waals surface area contributed by atoms with Crippen molar-refractivity contribution in [1.29, 1.82) is 0 Å². The first-order chi connectivity index (χ1) is 9.66. The SMILES string of the molecule is CC1NCCN(C(=O)c2cnc(-c3ccco3)s2)C1C. The molecule has 1 saturated heterocycles. The van der Waals surface area contributed by atoms with E-state index in [0.717, 1.165) is 18.1 Å². The smallest absolute Gasteiger partial charge is 0.265 e. The molecule has 1 N–H and O–H groups in total. The quantitative estimate of drug-likeness (QED) is 0.922. The van der Waals surface area contributed by atoms with Crippen LogP contribution in [0.15, 0.2) is 29.0 Å². The first-order valence-corrected chi connectivity index (χ1v) is 7.52. The molecule has 1 aliphatic heterocycles. The van der Waals surface area contributed by atoms with Crippen LogP contribution in [-0.4, -0.2) is 41.0 Å². The van der Waals surface area contributed by atoms with E-state index in [-0.39, 0.29) is 11.9 Å². The van der Waals surface area contributed by atoms with Crippen molar-refractivity contribution in [3.8, 4) is 10.8 Å². The Morgan fingerprint density at radius 3 is 3.15 bits per heavy atom. The fourth-order valence-electron chi connectivity index (χ4n) is 2.37. The zero-order valence-corrected chi connectivity index (χ0v) is 12.3. The van der Waals surface area contributed by atoms with Crippen molar-refractivity contribution in [3.05, 3.63) is 29.5 Å². The van der Waals surface area contributed by atoms with Gasteiger partial charge in [0.05, 0.1) is 12.5 Å². The Kier molecular flexibility index (Phi) is 3.58. The molecular weight excluding hydrogens is 274 g/mol. The predicted molar refractivity (Wildman–Crippen MR) is 77.8 cm³/mol. The van der Waals surface area contributed by atoms with E-state index in [2.05, 4.69) is 24.1 Å². The third-order valence-electron chi connectivity index (χ3n) is 3.74. The van der Waals surface area contributed by atoms with E-state index in [9.17, 15) is 4.79 Å². The van der Waals surface area contributed by atoms with E-state index in [1.165, 1.54) is 11.3 Å². The Hall–Kier alpha value is -1.66. The summed E-state index contributed by atoms with van der Waals surface area (Å²) in [5, 5.41) is 4.12. The van der Waals surface area contributed by atoms with E-state index in [1.807, 2.05) is 17.0 Å². The number of hydrogen-bond acceptors (Lipinski definition) is 5. The van der Waals surface area contributed by atoms with Crippen molar-refractivity contribution in [2.45, 2.75) is 25.9 Å². The number of carbonyl (C=O) groups is 1. The molecule has 0 radical (unpaired) electrons. The number of amides is 1. The molecular formula is C14H17N3O2S. The van der Waals surface area contributed by atoms with Crippen LogP contribution < -0.4 is 5.32 Å². The van der Waals surface area contributed by atoms with Gasteiger partial charge in [0.1, 0.15) is 4.88 Å². The van der Waals surface area contributed by atoms with Crippen LogP contribution in [0.1, 0.15) is 23.5 Å². The molecule has 1 fully saturated rings. The molecule has 2 atom stereocenters. The highest BCUT2D eigenvalue weighted by Crippen LogP contribution is 2.27. The van der Waals surface area contributed by atoms with Gasteiger partial charge in [-0.05, 0) is 26.0 Å². The van der Waals surface area contributed by atoms with E-state index in [1.54, 1.807) is 12.5 Å². The molecule has 0 saturated carbocycles. The van der Waals surface area contributed by atoms with Crippen LogP contribution >= 0.6 is 11.3 Å². The Morgan fingerprint density at radius 1 is 1.55 bits per heavy atom. The van der Waals surface area contributed by atoms with Crippen molar-refractivity contribution in [2.75, 3.05) is 13.1 Å². The molecule has 6 heteroatoms. The lowest BCUT2D eigenvalue weighted by Crippen LogP contribution is -2.57. The number of thiazole rings is 1. The summed E-state index contributed by atoms with van der Waals surface area (Å²) in [6.07, 6.45) is 3.25. The number of carbonyl (C=O) groups excluding carboxylic acids is 1. The second kappa shape index (κ2) is 5.38. The van der Waals surface area contributed by atoms with Crippen LogP contribution in [0.25, 0.3) is 10.8 Å². The summed E-state index contributed by atoms with van der Waals surface area (Å²) >= 11 is 1.38. The van der Waals surface area contributed by atoms with Gasteiger partial charge in [-0.25, -0.2) is 4.98 Å². The molecule has 106 valence electrons. The summed E-state index contributed by atoms with van der Waals surface area (Å²) in [7, 11) is 0. The van der Waals surface area contributed by atoms with Crippen LogP contribution in [0.2, 0.25) is 0 Å². The average molecular weight is 291 g/mol. The van der Waals surface area contributed by atoms with Gasteiger partial charge in [-0.2, -0.15) is 0 Å². The lowest BCUT2D eigenvalue weighted by atomic mass is 10.1.